The molecule has 4 rings (SSSR count). The number of fused-ring (bicyclic) bond motifs is 1. The van der Waals surface area contributed by atoms with Gasteiger partial charge in [-0.15, -0.1) is 0 Å². The molecule has 148 valence electrons. The van der Waals surface area contributed by atoms with E-state index in [2.05, 4.69) is 67.9 Å². The molecule has 0 saturated carbocycles. The van der Waals surface area contributed by atoms with Crippen LogP contribution < -0.4 is 0 Å². The van der Waals surface area contributed by atoms with Crippen LogP contribution in [0.3, 0.4) is 0 Å². The van der Waals surface area contributed by atoms with Gasteiger partial charge in [0.25, 0.3) is 0 Å². The standard InChI is InChI=1S/C22H20N3.3CH3.Zr/c1-15-13-16(2)21(17(3)14-15)23-20-10-9-18-11-12-25(22(18)24-20)19-7-5-4-6-8-19;;;;/h4-14H,1-3H3;3*1H3;/q4*-1;+4. The molecule has 0 bridgehead atoms. The molecule has 3 nitrogen and oxygen atoms in total. The largest absolute Gasteiger partial charge is 4.00 e. The van der Waals surface area contributed by atoms with Crippen LogP contribution >= 0.6 is 0 Å². The Morgan fingerprint density at radius 2 is 1.41 bits per heavy atom. The SMILES string of the molecule is Cc1cc(C)c([N-]c2ccc3ccn(-c4ccccc4)c3n2)c(C)c1.[CH3-].[CH3-].[CH3-].[Zr+4]. The van der Waals surface area contributed by atoms with E-state index in [1.54, 1.807) is 0 Å². The molecular weight excluding hydrogens is 434 g/mol. The Bertz CT molecular complexity index is 1030. The van der Waals surface area contributed by atoms with E-state index in [1.165, 1.54) is 16.7 Å². The van der Waals surface area contributed by atoms with Crippen molar-refractivity contribution in [2.75, 3.05) is 0 Å². The van der Waals surface area contributed by atoms with Crippen LogP contribution in [-0.4, -0.2) is 9.55 Å². The molecule has 4 aromatic rings. The van der Waals surface area contributed by atoms with Gasteiger partial charge in [-0.3, -0.25) is 0 Å². The normalized spacial score (nSPS) is 9.48. The minimum Gasteiger partial charge on any atom is -0.436 e. The van der Waals surface area contributed by atoms with Crippen LogP contribution in [0.4, 0.5) is 11.5 Å². The van der Waals surface area contributed by atoms with Gasteiger partial charge in [0.15, 0.2) is 0 Å². The van der Waals surface area contributed by atoms with Crippen LogP contribution in [0.2, 0.25) is 0 Å². The number of aryl methyl sites for hydroxylation is 3. The first-order chi connectivity index (χ1) is 12.1. The number of nitrogens with zero attached hydrogens (tertiary/aromatic N) is 3. The fraction of sp³-hybridized carbons (Fsp3) is 0.120. The molecule has 0 radical (unpaired) electrons. The molecule has 0 aliphatic heterocycles. The first kappa shape index (κ1) is 26.8. The van der Waals surface area contributed by atoms with E-state index in [0.717, 1.165) is 28.2 Å². The van der Waals surface area contributed by atoms with Gasteiger partial charge in [-0.2, -0.15) is 0 Å². The van der Waals surface area contributed by atoms with Crippen molar-refractivity contribution in [3.8, 4) is 5.69 Å². The number of para-hydroxylation sites is 1. The van der Waals surface area contributed by atoms with Gasteiger partial charge < -0.3 is 37.1 Å². The third-order valence-corrected chi connectivity index (χ3v) is 4.42. The quantitative estimate of drug-likeness (QED) is 0.288. The van der Waals surface area contributed by atoms with Gasteiger partial charge in [-0.25, -0.2) is 0 Å². The van der Waals surface area contributed by atoms with Crippen LogP contribution in [0, 0.1) is 43.1 Å². The Hall–Kier alpha value is -2.19. The van der Waals surface area contributed by atoms with E-state index in [0.29, 0.717) is 0 Å². The fourth-order valence-electron chi connectivity index (χ4n) is 3.32. The first-order valence-corrected chi connectivity index (χ1v) is 8.45. The third kappa shape index (κ3) is 5.45. The Morgan fingerprint density at radius 3 is 2.03 bits per heavy atom. The van der Waals surface area contributed by atoms with Crippen molar-refractivity contribution in [2.45, 2.75) is 20.8 Å². The molecule has 0 aliphatic carbocycles. The topological polar surface area (TPSA) is 31.9 Å². The molecule has 0 unspecified atom stereocenters. The molecule has 0 spiro atoms. The van der Waals surface area contributed by atoms with Crippen molar-refractivity contribution in [3.63, 3.8) is 0 Å². The zero-order valence-electron chi connectivity index (χ0n) is 18.2. The van der Waals surface area contributed by atoms with E-state index in [9.17, 15) is 0 Å². The smallest absolute Gasteiger partial charge is 0.436 e. The molecule has 4 heteroatoms. The second-order valence-corrected chi connectivity index (χ2v) is 6.46. The van der Waals surface area contributed by atoms with Gasteiger partial charge in [0.1, 0.15) is 0 Å². The Balaban J connectivity index is 0.00000196. The van der Waals surface area contributed by atoms with Gasteiger partial charge >= 0.3 is 26.2 Å². The van der Waals surface area contributed by atoms with Crippen molar-refractivity contribution < 1.29 is 26.2 Å². The Labute approximate surface area is 195 Å². The van der Waals surface area contributed by atoms with Crippen LogP contribution in [0.1, 0.15) is 16.7 Å². The molecule has 2 heterocycles. The molecule has 29 heavy (non-hydrogen) atoms. The van der Waals surface area contributed by atoms with Crippen molar-refractivity contribution in [1.29, 1.82) is 0 Å². The van der Waals surface area contributed by atoms with E-state index < -0.39 is 0 Å². The van der Waals surface area contributed by atoms with Crippen LogP contribution in [0.25, 0.3) is 22.0 Å². The zero-order valence-corrected chi connectivity index (χ0v) is 20.7. The summed E-state index contributed by atoms with van der Waals surface area (Å²) in [5, 5.41) is 5.93. The third-order valence-electron chi connectivity index (χ3n) is 4.42. The van der Waals surface area contributed by atoms with E-state index in [1.807, 2.05) is 24.3 Å². The zero-order chi connectivity index (χ0) is 17.4. The molecule has 0 N–H and O–H groups in total. The van der Waals surface area contributed by atoms with E-state index in [4.69, 9.17) is 10.3 Å². The van der Waals surface area contributed by atoms with Gasteiger partial charge in [-0.1, -0.05) is 53.8 Å². The summed E-state index contributed by atoms with van der Waals surface area (Å²) in [5.41, 5.74) is 6.65. The summed E-state index contributed by atoms with van der Waals surface area (Å²) < 4.78 is 2.10. The first-order valence-electron chi connectivity index (χ1n) is 8.45. The van der Waals surface area contributed by atoms with Crippen molar-refractivity contribution in [1.82, 2.24) is 9.55 Å². The van der Waals surface area contributed by atoms with Crippen molar-refractivity contribution in [3.05, 3.63) is 111 Å². The molecule has 0 fully saturated rings. The monoisotopic (exact) mass is 461 g/mol. The average molecular weight is 463 g/mol. The van der Waals surface area contributed by atoms with Gasteiger partial charge in [0, 0.05) is 17.5 Å². The van der Waals surface area contributed by atoms with Crippen LogP contribution in [0.5, 0.6) is 0 Å². The molecular formula is C25H29N3Zr. The number of benzene rings is 2. The van der Waals surface area contributed by atoms with Gasteiger partial charge in [-0.05, 0) is 61.2 Å². The summed E-state index contributed by atoms with van der Waals surface area (Å²) in [5.74, 6) is 0.735. The second-order valence-electron chi connectivity index (χ2n) is 6.46. The van der Waals surface area contributed by atoms with Gasteiger partial charge in [0.05, 0.1) is 0 Å². The fourth-order valence-corrected chi connectivity index (χ4v) is 3.32. The molecule has 2 aromatic carbocycles. The predicted octanol–water partition coefficient (Wildman–Crippen LogP) is 7.64. The predicted molar refractivity (Wildman–Crippen MR) is 124 cm³/mol. The van der Waals surface area contributed by atoms with Crippen LogP contribution in [0.15, 0.2) is 66.9 Å². The Morgan fingerprint density at radius 1 is 0.793 bits per heavy atom. The second kappa shape index (κ2) is 11.1. The van der Waals surface area contributed by atoms with E-state index >= 15 is 0 Å². The summed E-state index contributed by atoms with van der Waals surface area (Å²) in [6.07, 6.45) is 2.05. The summed E-state index contributed by atoms with van der Waals surface area (Å²) in [7, 11) is 0. The summed E-state index contributed by atoms with van der Waals surface area (Å²) in [4.78, 5) is 4.81. The molecule has 0 saturated heterocycles. The Kier molecular flexibility index (Phi) is 10.3. The molecule has 0 aliphatic rings. The summed E-state index contributed by atoms with van der Waals surface area (Å²) in [6.45, 7) is 6.31. The maximum Gasteiger partial charge on any atom is 4.00 e. The van der Waals surface area contributed by atoms with E-state index in [-0.39, 0.29) is 48.5 Å². The number of pyridine rings is 1. The number of hydrogen-bond donors (Lipinski definition) is 0. The minimum absolute atomic E-state index is 0. The molecule has 0 amide bonds. The van der Waals surface area contributed by atoms with Crippen molar-refractivity contribution >= 4 is 22.5 Å². The van der Waals surface area contributed by atoms with Gasteiger partial charge in [0.2, 0.25) is 0 Å². The average Bonchev–Trinajstić information content (AvgIpc) is 3.02. The minimum atomic E-state index is 0. The number of rotatable bonds is 3. The molecule has 2 aromatic heterocycles. The summed E-state index contributed by atoms with van der Waals surface area (Å²) >= 11 is 0. The number of hydrogen-bond acceptors (Lipinski definition) is 1. The number of aromatic nitrogens is 2. The van der Waals surface area contributed by atoms with Crippen molar-refractivity contribution in [2.24, 2.45) is 0 Å². The summed E-state index contributed by atoms with van der Waals surface area (Å²) in [6, 6.07) is 20.7. The van der Waals surface area contributed by atoms with Crippen LogP contribution in [-0.2, 0) is 26.2 Å². The maximum atomic E-state index is 4.82. The molecule has 0 atom stereocenters. The maximum absolute atomic E-state index is 4.82.